The lowest BCUT2D eigenvalue weighted by Gasteiger charge is -2.40. The first kappa shape index (κ1) is 16.3. The average Bonchev–Trinajstić information content (AvgIpc) is 2.90. The Balaban J connectivity index is 1.64. The Kier molecular flexibility index (Phi) is 4.90. The second kappa shape index (κ2) is 6.91. The smallest absolute Gasteiger partial charge is 0.220 e. The topological polar surface area (TPSA) is 56.7 Å². The highest BCUT2D eigenvalue weighted by atomic mass is 79.9. The molecule has 0 radical (unpaired) electrons. The Morgan fingerprint density at radius 3 is 3.00 bits per heavy atom. The Hall–Kier alpha value is -1.56. The molecular formula is C17H23BrN4O. The number of hydrogen-bond acceptors (Lipinski definition) is 2. The normalized spacial score (nSPS) is 24.9. The van der Waals surface area contributed by atoms with Gasteiger partial charge < -0.3 is 15.5 Å². The molecule has 1 aromatic carbocycles. The molecule has 2 N–H and O–H groups in total. The number of amides is 1. The van der Waals surface area contributed by atoms with Crippen molar-refractivity contribution in [3.8, 4) is 0 Å². The molecule has 1 amide bonds. The first-order valence-corrected chi connectivity index (χ1v) is 8.87. The molecule has 2 fully saturated rings. The number of rotatable bonds is 2. The third kappa shape index (κ3) is 3.68. The van der Waals surface area contributed by atoms with E-state index < -0.39 is 0 Å². The molecule has 124 valence electrons. The summed E-state index contributed by atoms with van der Waals surface area (Å²) in [5, 5.41) is 6.45. The van der Waals surface area contributed by atoms with Crippen LogP contribution in [0.15, 0.2) is 33.7 Å². The van der Waals surface area contributed by atoms with Crippen molar-refractivity contribution in [3.63, 3.8) is 0 Å². The number of aliphatic imine (C=N–C) groups is 1. The Morgan fingerprint density at radius 2 is 2.30 bits per heavy atom. The zero-order valence-electron chi connectivity index (χ0n) is 13.4. The zero-order chi connectivity index (χ0) is 16.3. The van der Waals surface area contributed by atoms with Crippen LogP contribution < -0.4 is 10.6 Å². The molecular weight excluding hydrogens is 356 g/mol. The van der Waals surface area contributed by atoms with E-state index in [0.717, 1.165) is 49.5 Å². The Bertz CT molecular complexity index is 618. The van der Waals surface area contributed by atoms with Crippen molar-refractivity contribution >= 4 is 27.8 Å². The highest BCUT2D eigenvalue weighted by Crippen LogP contribution is 2.36. The van der Waals surface area contributed by atoms with Gasteiger partial charge in [-0.25, -0.2) is 0 Å². The third-order valence-electron chi connectivity index (χ3n) is 4.76. The standard InChI is InChI=1S/C17H23BrN4O/c1-19-16(20-10-13-5-2-3-6-14(13)18)22-8-4-7-17(12-22)9-15(23)21-11-17/h2-3,5-6H,4,7-12H2,1H3,(H,19,20)(H,21,23). The number of piperidine rings is 1. The molecule has 1 unspecified atom stereocenters. The van der Waals surface area contributed by atoms with Crippen LogP contribution in [0.1, 0.15) is 24.8 Å². The van der Waals surface area contributed by atoms with Crippen LogP contribution in [-0.2, 0) is 11.3 Å². The van der Waals surface area contributed by atoms with Gasteiger partial charge in [0.1, 0.15) is 0 Å². The molecule has 0 bridgehead atoms. The number of guanidine groups is 1. The molecule has 0 aliphatic carbocycles. The van der Waals surface area contributed by atoms with Crippen molar-refractivity contribution in [1.29, 1.82) is 0 Å². The van der Waals surface area contributed by atoms with Crippen molar-refractivity contribution < 1.29 is 4.79 Å². The molecule has 1 spiro atoms. The van der Waals surface area contributed by atoms with Gasteiger partial charge in [-0.2, -0.15) is 0 Å². The van der Waals surface area contributed by atoms with Gasteiger partial charge >= 0.3 is 0 Å². The van der Waals surface area contributed by atoms with Gasteiger partial charge in [0.2, 0.25) is 5.91 Å². The van der Waals surface area contributed by atoms with Crippen LogP contribution >= 0.6 is 15.9 Å². The largest absolute Gasteiger partial charge is 0.355 e. The number of benzene rings is 1. The first-order valence-electron chi connectivity index (χ1n) is 8.08. The van der Waals surface area contributed by atoms with Crippen molar-refractivity contribution in [1.82, 2.24) is 15.5 Å². The molecule has 1 aromatic rings. The van der Waals surface area contributed by atoms with Crippen molar-refractivity contribution in [2.75, 3.05) is 26.7 Å². The molecule has 0 aromatic heterocycles. The number of nitrogens with one attached hydrogen (secondary N) is 2. The first-order chi connectivity index (χ1) is 11.1. The second-order valence-corrected chi connectivity index (χ2v) is 7.33. The van der Waals surface area contributed by atoms with Crippen molar-refractivity contribution in [2.45, 2.75) is 25.8 Å². The summed E-state index contributed by atoms with van der Waals surface area (Å²) in [6.07, 6.45) is 2.86. The van der Waals surface area contributed by atoms with Crippen molar-refractivity contribution in [3.05, 3.63) is 34.3 Å². The van der Waals surface area contributed by atoms with Crippen LogP contribution in [-0.4, -0.2) is 43.4 Å². The van der Waals surface area contributed by atoms with E-state index in [2.05, 4.69) is 42.5 Å². The SMILES string of the molecule is CN=C(NCc1ccccc1Br)N1CCCC2(CNC(=O)C2)C1. The van der Waals surface area contributed by atoms with E-state index in [1.54, 1.807) is 0 Å². The molecule has 5 nitrogen and oxygen atoms in total. The fraction of sp³-hybridized carbons (Fsp3) is 0.529. The highest BCUT2D eigenvalue weighted by Gasteiger charge is 2.42. The molecule has 2 aliphatic rings. The highest BCUT2D eigenvalue weighted by molar-refractivity contribution is 9.10. The lowest BCUT2D eigenvalue weighted by atomic mass is 9.79. The summed E-state index contributed by atoms with van der Waals surface area (Å²) in [6, 6.07) is 8.20. The summed E-state index contributed by atoms with van der Waals surface area (Å²) in [5.74, 6) is 1.10. The quantitative estimate of drug-likeness (QED) is 0.612. The lowest BCUT2D eigenvalue weighted by molar-refractivity contribution is -0.119. The maximum Gasteiger partial charge on any atom is 0.220 e. The summed E-state index contributed by atoms with van der Waals surface area (Å²) >= 11 is 3.58. The maximum absolute atomic E-state index is 11.6. The minimum Gasteiger partial charge on any atom is -0.355 e. The Morgan fingerprint density at radius 1 is 1.48 bits per heavy atom. The zero-order valence-corrected chi connectivity index (χ0v) is 15.0. The molecule has 0 saturated carbocycles. The third-order valence-corrected chi connectivity index (χ3v) is 5.54. The monoisotopic (exact) mass is 378 g/mol. The van der Waals surface area contributed by atoms with Gasteiger partial charge in [0.25, 0.3) is 0 Å². The minimum absolute atomic E-state index is 0.0836. The van der Waals surface area contributed by atoms with E-state index >= 15 is 0 Å². The minimum atomic E-state index is 0.0836. The molecule has 2 aliphatic heterocycles. The molecule has 2 saturated heterocycles. The van der Waals surface area contributed by atoms with Gasteiger partial charge in [0, 0.05) is 49.5 Å². The van der Waals surface area contributed by atoms with Gasteiger partial charge in [0.05, 0.1) is 0 Å². The molecule has 2 heterocycles. The van der Waals surface area contributed by atoms with Crippen LogP contribution in [0.2, 0.25) is 0 Å². The van der Waals surface area contributed by atoms with Gasteiger partial charge in [-0.1, -0.05) is 34.1 Å². The number of likely N-dealkylation sites (tertiary alicyclic amines) is 1. The average molecular weight is 379 g/mol. The van der Waals surface area contributed by atoms with E-state index in [1.165, 1.54) is 5.56 Å². The number of hydrogen-bond donors (Lipinski definition) is 2. The summed E-state index contributed by atoms with van der Waals surface area (Å²) in [7, 11) is 1.82. The van der Waals surface area contributed by atoms with E-state index in [1.807, 2.05) is 25.2 Å². The number of carbonyl (C=O) groups is 1. The van der Waals surface area contributed by atoms with Gasteiger partial charge in [-0.05, 0) is 24.5 Å². The van der Waals surface area contributed by atoms with E-state index in [4.69, 9.17) is 0 Å². The molecule has 23 heavy (non-hydrogen) atoms. The fourth-order valence-electron chi connectivity index (χ4n) is 3.58. The Labute approximate surface area is 145 Å². The van der Waals surface area contributed by atoms with Crippen LogP contribution in [0, 0.1) is 5.41 Å². The van der Waals surface area contributed by atoms with Gasteiger partial charge in [0.15, 0.2) is 5.96 Å². The van der Waals surface area contributed by atoms with Crippen LogP contribution in [0.4, 0.5) is 0 Å². The summed E-state index contributed by atoms with van der Waals surface area (Å²) < 4.78 is 1.10. The lowest BCUT2D eigenvalue weighted by Crippen LogP contribution is -2.51. The van der Waals surface area contributed by atoms with Crippen LogP contribution in [0.5, 0.6) is 0 Å². The number of halogens is 1. The maximum atomic E-state index is 11.6. The van der Waals surface area contributed by atoms with Crippen LogP contribution in [0.3, 0.4) is 0 Å². The number of nitrogens with zero attached hydrogens (tertiary/aromatic N) is 2. The van der Waals surface area contributed by atoms with E-state index in [9.17, 15) is 4.79 Å². The van der Waals surface area contributed by atoms with Crippen molar-refractivity contribution in [2.24, 2.45) is 10.4 Å². The molecule has 6 heteroatoms. The summed E-state index contributed by atoms with van der Waals surface area (Å²) in [5.41, 5.74) is 1.29. The van der Waals surface area contributed by atoms with Gasteiger partial charge in [-0.15, -0.1) is 0 Å². The number of carbonyl (C=O) groups excluding carboxylic acids is 1. The molecule has 3 rings (SSSR count). The molecule has 1 atom stereocenters. The van der Waals surface area contributed by atoms with Gasteiger partial charge in [-0.3, -0.25) is 9.79 Å². The summed E-state index contributed by atoms with van der Waals surface area (Å²) in [4.78, 5) is 18.4. The van der Waals surface area contributed by atoms with E-state index in [-0.39, 0.29) is 11.3 Å². The fourth-order valence-corrected chi connectivity index (χ4v) is 4.00. The predicted molar refractivity (Wildman–Crippen MR) is 95.2 cm³/mol. The summed E-state index contributed by atoms with van der Waals surface area (Å²) in [6.45, 7) is 3.41. The van der Waals surface area contributed by atoms with Crippen LogP contribution in [0.25, 0.3) is 0 Å². The van der Waals surface area contributed by atoms with E-state index in [0.29, 0.717) is 6.42 Å². The second-order valence-electron chi connectivity index (χ2n) is 6.47. The predicted octanol–water partition coefficient (Wildman–Crippen LogP) is 2.13.